The number of phenols is 1. The van der Waals surface area contributed by atoms with Gasteiger partial charge in [0.2, 0.25) is 0 Å². The summed E-state index contributed by atoms with van der Waals surface area (Å²) in [4.78, 5) is 13.2. The number of aromatic nitrogens is 3. The average molecular weight is 361 g/mol. The van der Waals surface area contributed by atoms with Crippen molar-refractivity contribution >= 4 is 10.8 Å². The first kappa shape index (κ1) is 16.9. The fourth-order valence-electron chi connectivity index (χ4n) is 3.48. The van der Waals surface area contributed by atoms with Crippen LogP contribution in [0, 0.1) is 13.8 Å². The zero-order valence-corrected chi connectivity index (χ0v) is 15.3. The van der Waals surface area contributed by atoms with Gasteiger partial charge in [-0.05, 0) is 50.2 Å². The van der Waals surface area contributed by atoms with E-state index in [1.165, 1.54) is 16.8 Å². The highest BCUT2D eigenvalue weighted by Gasteiger charge is 2.18. The summed E-state index contributed by atoms with van der Waals surface area (Å²) in [6, 6.07) is 14.1. The van der Waals surface area contributed by atoms with Crippen molar-refractivity contribution in [2.75, 3.05) is 7.11 Å². The number of benzene rings is 2. The molecule has 0 bridgehead atoms. The van der Waals surface area contributed by atoms with E-state index >= 15 is 0 Å². The lowest BCUT2D eigenvalue weighted by molar-refractivity contribution is 0.414. The summed E-state index contributed by atoms with van der Waals surface area (Å²) in [6.07, 6.45) is 1.71. The summed E-state index contributed by atoms with van der Waals surface area (Å²) in [5.41, 5.74) is 3.12. The number of aryl methyl sites for hydroxylation is 2. The van der Waals surface area contributed by atoms with Crippen molar-refractivity contribution < 1.29 is 9.84 Å². The van der Waals surface area contributed by atoms with Crippen LogP contribution in [0.5, 0.6) is 11.5 Å². The highest BCUT2D eigenvalue weighted by molar-refractivity contribution is 5.88. The lowest BCUT2D eigenvalue weighted by Gasteiger charge is -2.10. The van der Waals surface area contributed by atoms with E-state index in [4.69, 9.17) is 4.74 Å². The molecule has 2 heterocycles. The molecule has 0 aliphatic heterocycles. The van der Waals surface area contributed by atoms with E-state index < -0.39 is 0 Å². The largest absolute Gasteiger partial charge is 0.508 e. The van der Waals surface area contributed by atoms with Crippen LogP contribution in [0.15, 0.2) is 59.5 Å². The molecule has 0 aliphatic rings. The Kier molecular flexibility index (Phi) is 3.96. The maximum absolute atomic E-state index is 13.2. The highest BCUT2D eigenvalue weighted by atomic mass is 16.5. The number of rotatable bonds is 3. The van der Waals surface area contributed by atoms with Crippen LogP contribution in [0.2, 0.25) is 0 Å². The second-order valence-electron chi connectivity index (χ2n) is 6.37. The Morgan fingerprint density at radius 2 is 1.74 bits per heavy atom. The molecule has 0 aliphatic carbocycles. The van der Waals surface area contributed by atoms with Crippen LogP contribution in [-0.2, 0) is 0 Å². The van der Waals surface area contributed by atoms with Crippen LogP contribution >= 0.6 is 0 Å². The minimum absolute atomic E-state index is 0.143. The van der Waals surface area contributed by atoms with Gasteiger partial charge in [0.15, 0.2) is 0 Å². The maximum atomic E-state index is 13.2. The van der Waals surface area contributed by atoms with Crippen molar-refractivity contribution in [1.29, 1.82) is 0 Å². The molecule has 0 radical (unpaired) electrons. The van der Waals surface area contributed by atoms with Gasteiger partial charge in [-0.1, -0.05) is 6.07 Å². The summed E-state index contributed by atoms with van der Waals surface area (Å²) in [5, 5.41) is 15.2. The number of aromatic hydroxyl groups is 1. The Morgan fingerprint density at radius 3 is 2.44 bits per heavy atom. The lowest BCUT2D eigenvalue weighted by Crippen LogP contribution is -2.21. The summed E-state index contributed by atoms with van der Waals surface area (Å²) in [7, 11) is 1.63. The fraction of sp³-hybridized carbons (Fsp3) is 0.143. The first-order valence-electron chi connectivity index (χ1n) is 8.55. The van der Waals surface area contributed by atoms with Crippen molar-refractivity contribution in [2.24, 2.45) is 0 Å². The van der Waals surface area contributed by atoms with E-state index in [0.29, 0.717) is 11.1 Å². The highest BCUT2D eigenvalue weighted by Crippen LogP contribution is 2.28. The second kappa shape index (κ2) is 6.32. The third kappa shape index (κ3) is 2.66. The molecule has 136 valence electrons. The van der Waals surface area contributed by atoms with Crippen molar-refractivity contribution in [3.63, 3.8) is 0 Å². The number of fused-ring (bicyclic) bond motifs is 1. The van der Waals surface area contributed by atoms with Crippen molar-refractivity contribution in [1.82, 2.24) is 14.3 Å². The molecule has 0 unspecified atom stereocenters. The zero-order valence-electron chi connectivity index (χ0n) is 15.3. The SMILES string of the molecule is COc1cccc(-n2c(C)c3cnn(-c4ccc(O)cc4)c(=O)c3c2C)c1. The molecule has 0 fully saturated rings. The van der Waals surface area contributed by atoms with Gasteiger partial charge in [0, 0.05) is 28.5 Å². The van der Waals surface area contributed by atoms with E-state index in [0.717, 1.165) is 28.2 Å². The Labute approximate surface area is 155 Å². The Morgan fingerprint density at radius 1 is 1.00 bits per heavy atom. The monoisotopic (exact) mass is 361 g/mol. The van der Waals surface area contributed by atoms with Gasteiger partial charge in [-0.15, -0.1) is 0 Å². The van der Waals surface area contributed by atoms with Crippen molar-refractivity contribution in [2.45, 2.75) is 13.8 Å². The van der Waals surface area contributed by atoms with Crippen LogP contribution in [0.4, 0.5) is 0 Å². The van der Waals surface area contributed by atoms with Crippen LogP contribution in [0.1, 0.15) is 11.4 Å². The molecule has 4 rings (SSSR count). The third-order valence-corrected chi connectivity index (χ3v) is 4.81. The molecule has 2 aromatic heterocycles. The Hall–Kier alpha value is -3.54. The topological polar surface area (TPSA) is 69.3 Å². The quantitative estimate of drug-likeness (QED) is 0.606. The second-order valence-corrected chi connectivity index (χ2v) is 6.37. The number of methoxy groups -OCH3 is 1. The summed E-state index contributed by atoms with van der Waals surface area (Å²) >= 11 is 0. The van der Waals surface area contributed by atoms with Gasteiger partial charge in [-0.3, -0.25) is 4.79 Å². The Balaban J connectivity index is 1.98. The summed E-state index contributed by atoms with van der Waals surface area (Å²) in [5.74, 6) is 0.896. The molecule has 0 spiro atoms. The third-order valence-electron chi connectivity index (χ3n) is 4.81. The molecule has 0 amide bonds. The van der Waals surface area contributed by atoms with Gasteiger partial charge in [-0.2, -0.15) is 9.78 Å². The number of hydrogen-bond acceptors (Lipinski definition) is 4. The van der Waals surface area contributed by atoms with Crippen LogP contribution in [-0.4, -0.2) is 26.6 Å². The fourth-order valence-corrected chi connectivity index (χ4v) is 3.48. The van der Waals surface area contributed by atoms with Crippen LogP contribution in [0.25, 0.3) is 22.1 Å². The van der Waals surface area contributed by atoms with Crippen molar-refractivity contribution in [3.05, 3.63) is 76.5 Å². The Bertz CT molecular complexity index is 1200. The molecule has 0 saturated heterocycles. The first-order valence-corrected chi connectivity index (χ1v) is 8.55. The van der Waals surface area contributed by atoms with Crippen LogP contribution in [0.3, 0.4) is 0 Å². The molecule has 4 aromatic rings. The van der Waals surface area contributed by atoms with E-state index in [1.807, 2.05) is 42.7 Å². The number of ether oxygens (including phenoxy) is 1. The minimum atomic E-state index is -0.194. The van der Waals surface area contributed by atoms with Crippen LogP contribution < -0.4 is 10.3 Å². The molecule has 1 N–H and O–H groups in total. The summed E-state index contributed by atoms with van der Waals surface area (Å²) < 4.78 is 8.72. The smallest absolute Gasteiger partial charge is 0.281 e. The van der Waals surface area contributed by atoms with E-state index in [1.54, 1.807) is 25.4 Å². The average Bonchev–Trinajstić information content (AvgIpc) is 2.94. The molecule has 27 heavy (non-hydrogen) atoms. The number of nitrogens with zero attached hydrogens (tertiary/aromatic N) is 3. The molecule has 6 nitrogen and oxygen atoms in total. The standard InChI is InChI=1S/C21H19N3O3/c1-13-19-12-22-24(15-7-9-17(25)10-8-15)21(26)20(19)14(2)23(13)16-5-4-6-18(11-16)27-3/h4-12,25H,1-3H3. The molecule has 6 heteroatoms. The minimum Gasteiger partial charge on any atom is -0.508 e. The molecule has 0 saturated carbocycles. The van der Waals surface area contributed by atoms with Gasteiger partial charge in [0.25, 0.3) is 5.56 Å². The molecule has 0 atom stereocenters. The van der Waals surface area contributed by atoms with Gasteiger partial charge in [0.1, 0.15) is 11.5 Å². The van der Waals surface area contributed by atoms with Gasteiger partial charge in [-0.25, -0.2) is 0 Å². The van der Waals surface area contributed by atoms with Gasteiger partial charge < -0.3 is 14.4 Å². The van der Waals surface area contributed by atoms with E-state index in [9.17, 15) is 9.90 Å². The lowest BCUT2D eigenvalue weighted by atomic mass is 10.2. The zero-order chi connectivity index (χ0) is 19.1. The predicted octanol–water partition coefficient (Wildman–Crippen LogP) is 3.51. The molecular weight excluding hydrogens is 342 g/mol. The number of phenolic OH excluding ortho intramolecular Hbond substituents is 1. The number of hydrogen-bond donors (Lipinski definition) is 1. The first-order chi connectivity index (χ1) is 13.0. The predicted molar refractivity (Wildman–Crippen MR) is 104 cm³/mol. The van der Waals surface area contributed by atoms with Gasteiger partial charge in [0.05, 0.1) is 24.4 Å². The van der Waals surface area contributed by atoms with Crippen molar-refractivity contribution in [3.8, 4) is 22.9 Å². The normalized spacial score (nSPS) is 11.1. The van der Waals surface area contributed by atoms with Gasteiger partial charge >= 0.3 is 0 Å². The summed E-state index contributed by atoms with van der Waals surface area (Å²) in [6.45, 7) is 3.90. The maximum Gasteiger partial charge on any atom is 0.281 e. The molecular formula is C21H19N3O3. The van der Waals surface area contributed by atoms with E-state index in [-0.39, 0.29) is 11.3 Å². The van der Waals surface area contributed by atoms with E-state index in [2.05, 4.69) is 5.10 Å². The molecule has 2 aromatic carbocycles.